The van der Waals surface area contributed by atoms with Gasteiger partial charge in [0.05, 0.1) is 0 Å². The Kier molecular flexibility index (Phi) is 3.86. The smallest absolute Gasteiger partial charge is 0.274 e. The summed E-state index contributed by atoms with van der Waals surface area (Å²) < 4.78 is 0. The van der Waals surface area contributed by atoms with E-state index < -0.39 is 0 Å². The Bertz CT molecular complexity index is 528. The molecular weight excluding hydrogens is 228 g/mol. The van der Waals surface area contributed by atoms with E-state index in [0.29, 0.717) is 11.4 Å². The van der Waals surface area contributed by atoms with Crippen LogP contribution in [-0.4, -0.2) is 22.4 Å². The van der Waals surface area contributed by atoms with Crippen LogP contribution in [0.5, 0.6) is 0 Å². The molecule has 92 valence electrons. The van der Waals surface area contributed by atoms with Crippen LogP contribution in [-0.2, 0) is 0 Å². The van der Waals surface area contributed by atoms with Gasteiger partial charge < -0.3 is 10.6 Å². The van der Waals surface area contributed by atoms with Crippen LogP contribution in [0.3, 0.4) is 0 Å². The van der Waals surface area contributed by atoms with Crippen molar-refractivity contribution in [2.24, 2.45) is 0 Å². The van der Waals surface area contributed by atoms with Crippen molar-refractivity contribution < 1.29 is 4.79 Å². The molecular formula is C13H14N4O. The zero-order chi connectivity index (χ0) is 12.8. The summed E-state index contributed by atoms with van der Waals surface area (Å²) in [5.41, 5.74) is 1.96. The molecule has 2 aromatic rings. The Balaban J connectivity index is 2.11. The molecule has 0 saturated heterocycles. The third-order valence-corrected chi connectivity index (χ3v) is 2.31. The highest BCUT2D eigenvalue weighted by Gasteiger charge is 2.07. The van der Waals surface area contributed by atoms with Gasteiger partial charge in [-0.1, -0.05) is 0 Å². The van der Waals surface area contributed by atoms with Crippen LogP contribution in [0.2, 0.25) is 0 Å². The van der Waals surface area contributed by atoms with Crippen molar-refractivity contribution in [3.05, 3.63) is 48.5 Å². The average Bonchev–Trinajstić information content (AvgIpc) is 2.40. The molecule has 0 radical (unpaired) electrons. The summed E-state index contributed by atoms with van der Waals surface area (Å²) in [6.45, 7) is 2.80. The van der Waals surface area contributed by atoms with Gasteiger partial charge in [0.25, 0.3) is 5.91 Å². The molecule has 5 nitrogen and oxygen atoms in total. The van der Waals surface area contributed by atoms with Crippen LogP contribution in [0.15, 0.2) is 42.9 Å². The van der Waals surface area contributed by atoms with E-state index in [9.17, 15) is 4.79 Å². The first-order valence-corrected chi connectivity index (χ1v) is 5.71. The van der Waals surface area contributed by atoms with Gasteiger partial charge in [-0.15, -0.1) is 0 Å². The lowest BCUT2D eigenvalue weighted by Gasteiger charge is -2.06. The van der Waals surface area contributed by atoms with E-state index >= 15 is 0 Å². The first-order valence-electron chi connectivity index (χ1n) is 5.71. The standard InChI is InChI=1S/C13H14N4O/c1-2-15-11-5-8-16-12(9-11)13(18)17-10-3-6-14-7-4-10/h3-9H,2H2,1H3,(H,15,16)(H,14,17,18). The molecule has 2 heterocycles. The number of aromatic nitrogens is 2. The minimum atomic E-state index is -0.235. The second-order valence-electron chi connectivity index (χ2n) is 3.65. The Morgan fingerprint density at radius 1 is 1.17 bits per heavy atom. The number of anilines is 2. The molecule has 0 saturated carbocycles. The van der Waals surface area contributed by atoms with Crippen LogP contribution in [0.25, 0.3) is 0 Å². The summed E-state index contributed by atoms with van der Waals surface area (Å²) in [5, 5.41) is 5.89. The van der Waals surface area contributed by atoms with Crippen LogP contribution >= 0.6 is 0 Å². The number of amides is 1. The third-order valence-electron chi connectivity index (χ3n) is 2.31. The molecule has 0 fully saturated rings. The van der Waals surface area contributed by atoms with E-state index in [2.05, 4.69) is 20.6 Å². The number of hydrogen-bond donors (Lipinski definition) is 2. The van der Waals surface area contributed by atoms with Crippen LogP contribution in [0, 0.1) is 0 Å². The van der Waals surface area contributed by atoms with Crippen molar-refractivity contribution >= 4 is 17.3 Å². The predicted octanol–water partition coefficient (Wildman–Crippen LogP) is 2.16. The Hall–Kier alpha value is -2.43. The van der Waals surface area contributed by atoms with Crippen LogP contribution in [0.1, 0.15) is 17.4 Å². The minimum Gasteiger partial charge on any atom is -0.385 e. The van der Waals surface area contributed by atoms with Gasteiger partial charge >= 0.3 is 0 Å². The van der Waals surface area contributed by atoms with E-state index in [1.807, 2.05) is 13.0 Å². The number of nitrogens with zero attached hydrogens (tertiary/aromatic N) is 2. The van der Waals surface area contributed by atoms with Gasteiger partial charge in [-0.3, -0.25) is 14.8 Å². The number of carbonyl (C=O) groups excluding carboxylic acids is 1. The van der Waals surface area contributed by atoms with E-state index in [4.69, 9.17) is 0 Å². The number of pyridine rings is 2. The van der Waals surface area contributed by atoms with Crippen LogP contribution < -0.4 is 10.6 Å². The molecule has 5 heteroatoms. The predicted molar refractivity (Wildman–Crippen MR) is 70.6 cm³/mol. The third kappa shape index (κ3) is 3.04. The number of hydrogen-bond acceptors (Lipinski definition) is 4. The van der Waals surface area contributed by atoms with Crippen LogP contribution in [0.4, 0.5) is 11.4 Å². The summed E-state index contributed by atoms with van der Waals surface area (Å²) in [7, 11) is 0. The molecule has 1 amide bonds. The topological polar surface area (TPSA) is 66.9 Å². The van der Waals surface area contributed by atoms with Crippen molar-refractivity contribution in [3.8, 4) is 0 Å². The number of rotatable bonds is 4. The molecule has 2 rings (SSSR count). The van der Waals surface area contributed by atoms with Gasteiger partial charge in [-0.25, -0.2) is 0 Å². The molecule has 0 spiro atoms. The first kappa shape index (κ1) is 12.0. The molecule has 0 unspecified atom stereocenters. The van der Waals surface area contributed by atoms with Crippen molar-refractivity contribution in [1.82, 2.24) is 9.97 Å². The largest absolute Gasteiger partial charge is 0.385 e. The molecule has 0 aromatic carbocycles. The fraction of sp³-hybridized carbons (Fsp3) is 0.154. The Morgan fingerprint density at radius 2 is 1.89 bits per heavy atom. The average molecular weight is 242 g/mol. The summed E-state index contributed by atoms with van der Waals surface area (Å²) in [6, 6.07) is 7.00. The van der Waals surface area contributed by atoms with Gasteiger partial charge in [0.1, 0.15) is 5.69 Å². The van der Waals surface area contributed by atoms with Gasteiger partial charge in [-0.05, 0) is 31.2 Å². The molecule has 0 aliphatic rings. The zero-order valence-electron chi connectivity index (χ0n) is 10.1. The highest BCUT2D eigenvalue weighted by molar-refractivity contribution is 6.03. The summed E-state index contributed by atoms with van der Waals surface area (Å²) in [5.74, 6) is -0.235. The van der Waals surface area contributed by atoms with Crippen molar-refractivity contribution in [2.45, 2.75) is 6.92 Å². The van der Waals surface area contributed by atoms with E-state index in [0.717, 1.165) is 12.2 Å². The lowest BCUT2D eigenvalue weighted by molar-refractivity contribution is 0.102. The lowest BCUT2D eigenvalue weighted by atomic mass is 10.3. The Labute approximate surface area is 105 Å². The minimum absolute atomic E-state index is 0.235. The number of carbonyl (C=O) groups is 1. The molecule has 0 aliphatic heterocycles. The van der Waals surface area contributed by atoms with Crippen molar-refractivity contribution in [3.63, 3.8) is 0 Å². The molecule has 0 atom stereocenters. The zero-order valence-corrected chi connectivity index (χ0v) is 10.1. The van der Waals surface area contributed by atoms with E-state index in [-0.39, 0.29) is 5.91 Å². The Morgan fingerprint density at radius 3 is 2.61 bits per heavy atom. The van der Waals surface area contributed by atoms with Gasteiger partial charge in [0.15, 0.2) is 0 Å². The van der Waals surface area contributed by atoms with Gasteiger partial charge in [0.2, 0.25) is 0 Å². The quantitative estimate of drug-likeness (QED) is 0.862. The van der Waals surface area contributed by atoms with Crippen molar-refractivity contribution in [1.29, 1.82) is 0 Å². The SMILES string of the molecule is CCNc1ccnc(C(=O)Nc2ccncc2)c1. The highest BCUT2D eigenvalue weighted by Crippen LogP contribution is 2.10. The monoisotopic (exact) mass is 242 g/mol. The first-order chi connectivity index (χ1) is 8.79. The summed E-state index contributed by atoms with van der Waals surface area (Å²) >= 11 is 0. The number of nitrogens with one attached hydrogen (secondary N) is 2. The fourth-order valence-corrected chi connectivity index (χ4v) is 1.50. The highest BCUT2D eigenvalue weighted by atomic mass is 16.1. The molecule has 0 aliphatic carbocycles. The van der Waals surface area contributed by atoms with Gasteiger partial charge in [0, 0.05) is 36.5 Å². The van der Waals surface area contributed by atoms with Crippen molar-refractivity contribution in [2.75, 3.05) is 17.2 Å². The maximum Gasteiger partial charge on any atom is 0.274 e. The second kappa shape index (κ2) is 5.77. The maximum absolute atomic E-state index is 11.9. The van der Waals surface area contributed by atoms with E-state index in [1.54, 1.807) is 36.8 Å². The molecule has 0 bridgehead atoms. The summed E-state index contributed by atoms with van der Waals surface area (Å²) in [6.07, 6.45) is 4.86. The molecule has 2 aromatic heterocycles. The maximum atomic E-state index is 11.9. The van der Waals surface area contributed by atoms with Gasteiger partial charge in [-0.2, -0.15) is 0 Å². The fourth-order valence-electron chi connectivity index (χ4n) is 1.50. The molecule has 2 N–H and O–H groups in total. The molecule has 18 heavy (non-hydrogen) atoms. The van der Waals surface area contributed by atoms with E-state index in [1.165, 1.54) is 0 Å². The normalized spacial score (nSPS) is 9.83. The summed E-state index contributed by atoms with van der Waals surface area (Å²) in [4.78, 5) is 19.9. The second-order valence-corrected chi connectivity index (χ2v) is 3.65. The lowest BCUT2D eigenvalue weighted by Crippen LogP contribution is -2.14.